The Bertz CT molecular complexity index is 775. The summed E-state index contributed by atoms with van der Waals surface area (Å²) in [6.07, 6.45) is 1.99. The summed E-state index contributed by atoms with van der Waals surface area (Å²) < 4.78 is 40.2. The van der Waals surface area contributed by atoms with E-state index in [-0.39, 0.29) is 10.6 Å². The summed E-state index contributed by atoms with van der Waals surface area (Å²) >= 11 is 0. The van der Waals surface area contributed by atoms with Gasteiger partial charge >= 0.3 is 0 Å². The van der Waals surface area contributed by atoms with Crippen LogP contribution < -0.4 is 10.0 Å². The van der Waals surface area contributed by atoms with Crippen molar-refractivity contribution >= 4 is 21.4 Å². The fourth-order valence-corrected chi connectivity index (χ4v) is 3.45. The zero-order valence-electron chi connectivity index (χ0n) is 11.3. The van der Waals surface area contributed by atoms with Gasteiger partial charge in [0, 0.05) is 12.2 Å². The van der Waals surface area contributed by atoms with Crippen LogP contribution in [0.1, 0.15) is 12.0 Å². The summed E-state index contributed by atoms with van der Waals surface area (Å²) in [5.74, 6) is -0.484. The molecule has 4 nitrogen and oxygen atoms in total. The number of fused-ring (bicyclic) bond motifs is 1. The lowest BCUT2D eigenvalue weighted by Gasteiger charge is -2.19. The van der Waals surface area contributed by atoms with Gasteiger partial charge < -0.3 is 5.32 Å². The number of sulfonamides is 1. The van der Waals surface area contributed by atoms with E-state index in [0.717, 1.165) is 36.7 Å². The molecule has 2 aromatic rings. The fraction of sp³-hybridized carbons (Fsp3) is 0.200. The molecule has 0 amide bonds. The van der Waals surface area contributed by atoms with Crippen molar-refractivity contribution in [1.82, 2.24) is 0 Å². The normalized spacial score (nSPS) is 14.1. The zero-order valence-corrected chi connectivity index (χ0v) is 12.1. The summed E-state index contributed by atoms with van der Waals surface area (Å²) in [5, 5.41) is 3.20. The maximum atomic E-state index is 13.1. The summed E-state index contributed by atoms with van der Waals surface area (Å²) in [7, 11) is -3.72. The van der Waals surface area contributed by atoms with E-state index in [1.165, 1.54) is 18.2 Å². The molecule has 0 radical (unpaired) electrons. The third kappa shape index (κ3) is 3.00. The highest BCUT2D eigenvalue weighted by Gasteiger charge is 2.17. The molecule has 0 saturated carbocycles. The summed E-state index contributed by atoms with van der Waals surface area (Å²) in [6.45, 7) is 0.841. The molecule has 110 valence electrons. The van der Waals surface area contributed by atoms with Gasteiger partial charge in [0.15, 0.2) is 0 Å². The summed E-state index contributed by atoms with van der Waals surface area (Å²) in [4.78, 5) is 0.167. The first kappa shape index (κ1) is 13.9. The molecule has 6 heteroatoms. The minimum Gasteiger partial charge on any atom is -0.385 e. The predicted molar refractivity (Wildman–Crippen MR) is 80.5 cm³/mol. The molecule has 0 aromatic heterocycles. The van der Waals surface area contributed by atoms with E-state index in [4.69, 9.17) is 0 Å². The number of rotatable bonds is 3. The topological polar surface area (TPSA) is 58.2 Å². The maximum Gasteiger partial charge on any atom is 0.261 e. The molecule has 0 atom stereocenters. The van der Waals surface area contributed by atoms with E-state index < -0.39 is 15.8 Å². The molecule has 0 unspecified atom stereocenters. The van der Waals surface area contributed by atoms with Crippen molar-refractivity contribution in [2.45, 2.75) is 17.7 Å². The summed E-state index contributed by atoms with van der Waals surface area (Å²) in [5.41, 5.74) is 2.18. The molecule has 0 saturated heterocycles. The Hall–Kier alpha value is -2.08. The van der Waals surface area contributed by atoms with Crippen molar-refractivity contribution in [2.75, 3.05) is 16.6 Å². The van der Waals surface area contributed by atoms with Crippen molar-refractivity contribution in [3.05, 3.63) is 53.8 Å². The van der Waals surface area contributed by atoms with E-state index in [0.29, 0.717) is 0 Å². The first-order valence-electron chi connectivity index (χ1n) is 6.70. The molecule has 1 aliphatic heterocycles. The van der Waals surface area contributed by atoms with Crippen LogP contribution in [0.4, 0.5) is 15.8 Å². The third-order valence-electron chi connectivity index (χ3n) is 3.41. The second-order valence-corrected chi connectivity index (χ2v) is 6.65. The number of hydrogen-bond acceptors (Lipinski definition) is 3. The van der Waals surface area contributed by atoms with Crippen molar-refractivity contribution in [2.24, 2.45) is 0 Å². The van der Waals surface area contributed by atoms with Crippen LogP contribution in [0.25, 0.3) is 0 Å². The third-order valence-corrected chi connectivity index (χ3v) is 4.79. The van der Waals surface area contributed by atoms with E-state index in [1.807, 2.05) is 6.07 Å². The summed E-state index contributed by atoms with van der Waals surface area (Å²) in [6, 6.07) is 10.4. The lowest BCUT2D eigenvalue weighted by molar-refractivity contribution is 0.601. The average molecular weight is 306 g/mol. The number of halogens is 1. The van der Waals surface area contributed by atoms with Crippen LogP contribution in [0.15, 0.2) is 47.4 Å². The quantitative estimate of drug-likeness (QED) is 0.916. The number of aryl methyl sites for hydroxylation is 1. The van der Waals surface area contributed by atoms with E-state index in [1.54, 1.807) is 12.1 Å². The fourth-order valence-electron chi connectivity index (χ4n) is 2.37. The molecule has 0 spiro atoms. The molecule has 0 aliphatic carbocycles. The maximum absolute atomic E-state index is 13.1. The van der Waals surface area contributed by atoms with Gasteiger partial charge in [0.1, 0.15) is 5.82 Å². The van der Waals surface area contributed by atoms with Gasteiger partial charge in [-0.25, -0.2) is 12.8 Å². The Morgan fingerprint density at radius 2 is 2.00 bits per heavy atom. The molecule has 0 bridgehead atoms. The number of benzene rings is 2. The van der Waals surface area contributed by atoms with Crippen LogP contribution in [0.5, 0.6) is 0 Å². The second-order valence-electron chi connectivity index (χ2n) is 4.97. The highest BCUT2D eigenvalue weighted by atomic mass is 32.2. The molecule has 1 aliphatic rings. The number of nitrogens with one attached hydrogen (secondary N) is 2. The largest absolute Gasteiger partial charge is 0.385 e. The molecule has 21 heavy (non-hydrogen) atoms. The molecule has 2 N–H and O–H groups in total. The smallest absolute Gasteiger partial charge is 0.261 e. The van der Waals surface area contributed by atoms with Gasteiger partial charge in [-0.05, 0) is 48.7 Å². The Labute approximate surface area is 123 Å². The molecule has 2 aromatic carbocycles. The Kier molecular flexibility index (Phi) is 3.55. The Morgan fingerprint density at radius 3 is 2.81 bits per heavy atom. The van der Waals surface area contributed by atoms with Crippen LogP contribution in [0.2, 0.25) is 0 Å². The zero-order chi connectivity index (χ0) is 14.9. The van der Waals surface area contributed by atoms with E-state index in [2.05, 4.69) is 10.0 Å². The molecule has 3 rings (SSSR count). The van der Waals surface area contributed by atoms with Gasteiger partial charge in [-0.1, -0.05) is 12.1 Å². The Balaban J connectivity index is 1.91. The van der Waals surface area contributed by atoms with Crippen LogP contribution in [-0.4, -0.2) is 15.0 Å². The average Bonchev–Trinajstić information content (AvgIpc) is 2.46. The van der Waals surface area contributed by atoms with Gasteiger partial charge in [0.05, 0.1) is 10.6 Å². The van der Waals surface area contributed by atoms with Crippen LogP contribution in [0.3, 0.4) is 0 Å². The minimum absolute atomic E-state index is 0.167. The lowest BCUT2D eigenvalue weighted by Crippen LogP contribution is -2.16. The predicted octanol–water partition coefficient (Wildman–Crippen LogP) is 2.98. The van der Waals surface area contributed by atoms with E-state index >= 15 is 0 Å². The first-order chi connectivity index (χ1) is 10.0. The molecule has 0 fully saturated rings. The van der Waals surface area contributed by atoms with Crippen molar-refractivity contribution < 1.29 is 12.8 Å². The second kappa shape index (κ2) is 5.37. The van der Waals surface area contributed by atoms with Crippen molar-refractivity contribution in [1.29, 1.82) is 0 Å². The SMILES string of the molecule is O=S(=O)(Nc1cccc(F)c1)c1ccc2c(c1)NCCC2. The monoisotopic (exact) mass is 306 g/mol. The van der Waals surface area contributed by atoms with E-state index in [9.17, 15) is 12.8 Å². The number of hydrogen-bond donors (Lipinski definition) is 2. The highest BCUT2D eigenvalue weighted by molar-refractivity contribution is 7.92. The Morgan fingerprint density at radius 1 is 1.14 bits per heavy atom. The van der Waals surface area contributed by atoms with Gasteiger partial charge in [0.25, 0.3) is 10.0 Å². The first-order valence-corrected chi connectivity index (χ1v) is 8.18. The van der Waals surface area contributed by atoms with Crippen LogP contribution in [0, 0.1) is 5.82 Å². The highest BCUT2D eigenvalue weighted by Crippen LogP contribution is 2.26. The van der Waals surface area contributed by atoms with Gasteiger partial charge in [0.2, 0.25) is 0 Å². The molecule has 1 heterocycles. The van der Waals surface area contributed by atoms with Gasteiger partial charge in [-0.15, -0.1) is 0 Å². The van der Waals surface area contributed by atoms with Crippen LogP contribution >= 0.6 is 0 Å². The van der Waals surface area contributed by atoms with Crippen LogP contribution in [-0.2, 0) is 16.4 Å². The van der Waals surface area contributed by atoms with Crippen molar-refractivity contribution in [3.8, 4) is 0 Å². The van der Waals surface area contributed by atoms with Crippen molar-refractivity contribution in [3.63, 3.8) is 0 Å². The standard InChI is InChI=1S/C15H15FN2O2S/c16-12-4-1-5-13(9-12)18-21(19,20)14-7-6-11-3-2-8-17-15(11)10-14/h1,4-7,9-10,17-18H,2-3,8H2. The lowest BCUT2D eigenvalue weighted by atomic mass is 10.0. The molecular weight excluding hydrogens is 291 g/mol. The van der Waals surface area contributed by atoms with Gasteiger partial charge in [-0.2, -0.15) is 0 Å². The molecular formula is C15H15FN2O2S. The minimum atomic E-state index is -3.72. The van der Waals surface area contributed by atoms with Gasteiger partial charge in [-0.3, -0.25) is 4.72 Å². The number of anilines is 2.